The van der Waals surface area contributed by atoms with Crippen molar-refractivity contribution in [3.63, 3.8) is 0 Å². The standard InChI is InChI=1S/C17H26N2O/c1-2-19(11-15-8-5-6-10-18-15)17-13-20-12-14-7-3-4-9-16(14)17/h3-4,7,9,15,17-18H,2,5-6,8,10-13H2,1H3. The predicted molar refractivity (Wildman–Crippen MR) is 81.7 cm³/mol. The van der Waals surface area contributed by atoms with Crippen LogP contribution in [0.3, 0.4) is 0 Å². The Kier molecular flexibility index (Phi) is 4.71. The normalized spacial score (nSPS) is 26.5. The molecular weight excluding hydrogens is 248 g/mol. The van der Waals surface area contributed by atoms with Crippen LogP contribution in [-0.4, -0.2) is 37.2 Å². The van der Waals surface area contributed by atoms with Gasteiger partial charge in [-0.2, -0.15) is 0 Å². The molecule has 0 spiro atoms. The Bertz CT molecular complexity index is 429. The molecule has 2 aliphatic rings. The maximum Gasteiger partial charge on any atom is 0.0721 e. The summed E-state index contributed by atoms with van der Waals surface area (Å²) in [7, 11) is 0. The number of benzene rings is 1. The van der Waals surface area contributed by atoms with Crippen molar-refractivity contribution in [2.45, 2.75) is 44.9 Å². The first-order valence-electron chi connectivity index (χ1n) is 8.01. The number of rotatable bonds is 4. The number of fused-ring (bicyclic) bond motifs is 1. The topological polar surface area (TPSA) is 24.5 Å². The van der Waals surface area contributed by atoms with Gasteiger partial charge < -0.3 is 10.1 Å². The smallest absolute Gasteiger partial charge is 0.0721 e. The Morgan fingerprint density at radius 3 is 3.00 bits per heavy atom. The highest BCUT2D eigenvalue weighted by Gasteiger charge is 2.27. The molecule has 3 rings (SSSR count). The molecule has 2 unspecified atom stereocenters. The van der Waals surface area contributed by atoms with E-state index in [2.05, 4.69) is 41.4 Å². The zero-order valence-corrected chi connectivity index (χ0v) is 12.5. The molecule has 1 aromatic carbocycles. The van der Waals surface area contributed by atoms with Gasteiger partial charge in [0, 0.05) is 12.6 Å². The average Bonchev–Trinajstić information content (AvgIpc) is 2.53. The maximum absolute atomic E-state index is 5.82. The van der Waals surface area contributed by atoms with Crippen LogP contribution in [0.5, 0.6) is 0 Å². The van der Waals surface area contributed by atoms with Gasteiger partial charge in [0.05, 0.1) is 19.3 Å². The third-order valence-corrected chi connectivity index (χ3v) is 4.66. The van der Waals surface area contributed by atoms with E-state index in [4.69, 9.17) is 4.74 Å². The van der Waals surface area contributed by atoms with E-state index in [-0.39, 0.29) is 0 Å². The molecule has 2 atom stereocenters. The molecule has 1 N–H and O–H groups in total. The quantitative estimate of drug-likeness (QED) is 0.913. The van der Waals surface area contributed by atoms with E-state index in [0.29, 0.717) is 12.1 Å². The summed E-state index contributed by atoms with van der Waals surface area (Å²) in [5.74, 6) is 0. The number of ether oxygens (including phenoxy) is 1. The lowest BCUT2D eigenvalue weighted by molar-refractivity contribution is 0.0293. The van der Waals surface area contributed by atoms with Crippen LogP contribution in [0, 0.1) is 0 Å². The predicted octanol–water partition coefficient (Wildman–Crippen LogP) is 2.72. The van der Waals surface area contributed by atoms with E-state index in [1.165, 1.54) is 36.9 Å². The van der Waals surface area contributed by atoms with Gasteiger partial charge in [-0.3, -0.25) is 4.90 Å². The van der Waals surface area contributed by atoms with Gasteiger partial charge in [-0.25, -0.2) is 0 Å². The van der Waals surface area contributed by atoms with Crippen molar-refractivity contribution in [1.29, 1.82) is 0 Å². The lowest BCUT2D eigenvalue weighted by Crippen LogP contribution is -2.46. The highest BCUT2D eigenvalue weighted by molar-refractivity contribution is 5.31. The van der Waals surface area contributed by atoms with Crippen LogP contribution in [0.15, 0.2) is 24.3 Å². The Labute approximate surface area is 122 Å². The van der Waals surface area contributed by atoms with Crippen LogP contribution < -0.4 is 5.32 Å². The molecule has 1 fully saturated rings. The monoisotopic (exact) mass is 274 g/mol. The number of piperidine rings is 1. The van der Waals surface area contributed by atoms with Crippen molar-refractivity contribution < 1.29 is 4.74 Å². The Hall–Kier alpha value is -0.900. The summed E-state index contributed by atoms with van der Waals surface area (Å²) in [5, 5.41) is 3.66. The molecule has 0 aromatic heterocycles. The van der Waals surface area contributed by atoms with E-state index in [0.717, 1.165) is 26.3 Å². The number of hydrogen-bond donors (Lipinski definition) is 1. The fourth-order valence-electron chi connectivity index (χ4n) is 3.50. The second kappa shape index (κ2) is 6.70. The van der Waals surface area contributed by atoms with Crippen LogP contribution in [-0.2, 0) is 11.3 Å². The molecule has 0 radical (unpaired) electrons. The number of hydrogen-bond acceptors (Lipinski definition) is 3. The van der Waals surface area contributed by atoms with Crippen LogP contribution in [0.4, 0.5) is 0 Å². The second-order valence-corrected chi connectivity index (χ2v) is 5.96. The molecule has 110 valence electrons. The molecule has 3 nitrogen and oxygen atoms in total. The van der Waals surface area contributed by atoms with E-state index in [1.54, 1.807) is 0 Å². The van der Waals surface area contributed by atoms with E-state index < -0.39 is 0 Å². The van der Waals surface area contributed by atoms with Crippen LogP contribution in [0.2, 0.25) is 0 Å². The molecule has 20 heavy (non-hydrogen) atoms. The Morgan fingerprint density at radius 1 is 1.30 bits per heavy atom. The first-order chi connectivity index (χ1) is 9.88. The average molecular weight is 274 g/mol. The molecule has 0 bridgehead atoms. The van der Waals surface area contributed by atoms with Crippen molar-refractivity contribution in [2.24, 2.45) is 0 Å². The van der Waals surface area contributed by atoms with Gasteiger partial charge in [0.1, 0.15) is 0 Å². The number of nitrogens with one attached hydrogen (secondary N) is 1. The molecule has 0 aliphatic carbocycles. The zero-order chi connectivity index (χ0) is 13.8. The van der Waals surface area contributed by atoms with Crippen molar-refractivity contribution in [3.8, 4) is 0 Å². The second-order valence-electron chi connectivity index (χ2n) is 5.96. The molecule has 0 amide bonds. The van der Waals surface area contributed by atoms with Crippen LogP contribution >= 0.6 is 0 Å². The first-order valence-corrected chi connectivity index (χ1v) is 8.01. The summed E-state index contributed by atoms with van der Waals surface area (Å²) in [6, 6.07) is 9.83. The van der Waals surface area contributed by atoms with Gasteiger partial charge in [-0.15, -0.1) is 0 Å². The molecule has 2 aliphatic heterocycles. The summed E-state index contributed by atoms with van der Waals surface area (Å²) in [5.41, 5.74) is 2.83. The minimum Gasteiger partial charge on any atom is -0.375 e. The number of likely N-dealkylation sites (N-methyl/N-ethyl adjacent to an activating group) is 1. The zero-order valence-electron chi connectivity index (χ0n) is 12.5. The SMILES string of the molecule is CCN(CC1CCCCN1)C1COCc2ccccc21. The van der Waals surface area contributed by atoms with Crippen LogP contribution in [0.1, 0.15) is 43.4 Å². The minimum atomic E-state index is 0.425. The summed E-state index contributed by atoms with van der Waals surface area (Å²) in [6.07, 6.45) is 4.01. The number of nitrogens with zero attached hydrogens (tertiary/aromatic N) is 1. The van der Waals surface area contributed by atoms with Crippen molar-refractivity contribution in [3.05, 3.63) is 35.4 Å². The van der Waals surface area contributed by atoms with Crippen LogP contribution in [0.25, 0.3) is 0 Å². The van der Waals surface area contributed by atoms with Gasteiger partial charge in [0.15, 0.2) is 0 Å². The van der Waals surface area contributed by atoms with E-state index in [1.807, 2.05) is 0 Å². The molecule has 1 aromatic rings. The third-order valence-electron chi connectivity index (χ3n) is 4.66. The molecular formula is C17H26N2O. The highest BCUT2D eigenvalue weighted by atomic mass is 16.5. The molecule has 0 saturated carbocycles. The van der Waals surface area contributed by atoms with E-state index >= 15 is 0 Å². The molecule has 1 saturated heterocycles. The summed E-state index contributed by atoms with van der Waals surface area (Å²) < 4.78 is 5.82. The Morgan fingerprint density at radius 2 is 2.20 bits per heavy atom. The fraction of sp³-hybridized carbons (Fsp3) is 0.647. The van der Waals surface area contributed by atoms with Gasteiger partial charge in [-0.05, 0) is 37.1 Å². The molecule has 3 heteroatoms. The van der Waals surface area contributed by atoms with Crippen molar-refractivity contribution in [1.82, 2.24) is 10.2 Å². The van der Waals surface area contributed by atoms with Gasteiger partial charge >= 0.3 is 0 Å². The van der Waals surface area contributed by atoms with Gasteiger partial charge in [-0.1, -0.05) is 37.6 Å². The van der Waals surface area contributed by atoms with E-state index in [9.17, 15) is 0 Å². The lowest BCUT2D eigenvalue weighted by Gasteiger charge is -2.38. The summed E-state index contributed by atoms with van der Waals surface area (Å²) in [6.45, 7) is 7.27. The maximum atomic E-state index is 5.82. The fourth-order valence-corrected chi connectivity index (χ4v) is 3.50. The largest absolute Gasteiger partial charge is 0.375 e. The molecule has 2 heterocycles. The lowest BCUT2D eigenvalue weighted by atomic mass is 9.96. The first kappa shape index (κ1) is 14.1. The van der Waals surface area contributed by atoms with Gasteiger partial charge in [0.25, 0.3) is 0 Å². The van der Waals surface area contributed by atoms with Crippen molar-refractivity contribution >= 4 is 0 Å². The van der Waals surface area contributed by atoms with Gasteiger partial charge in [0.2, 0.25) is 0 Å². The third kappa shape index (κ3) is 3.05. The van der Waals surface area contributed by atoms with Crippen molar-refractivity contribution in [2.75, 3.05) is 26.2 Å². The summed E-state index contributed by atoms with van der Waals surface area (Å²) >= 11 is 0. The minimum absolute atomic E-state index is 0.425. The highest BCUT2D eigenvalue weighted by Crippen LogP contribution is 2.29. The Balaban J connectivity index is 1.72. The summed E-state index contributed by atoms with van der Waals surface area (Å²) in [4.78, 5) is 2.58.